The molecule has 1 aliphatic carbocycles. The summed E-state index contributed by atoms with van der Waals surface area (Å²) >= 11 is 0. The normalized spacial score (nSPS) is 16.7. The Kier molecular flexibility index (Phi) is 6.73. The van der Waals surface area contributed by atoms with Crippen LogP contribution < -0.4 is 10.6 Å². The number of carbonyl (C=O) groups is 3. The summed E-state index contributed by atoms with van der Waals surface area (Å²) in [5.41, 5.74) is -2.29. The molecule has 0 bridgehead atoms. The molecule has 7 nitrogen and oxygen atoms in total. The molecule has 2 amide bonds. The molecule has 26 heavy (non-hydrogen) atoms. The maximum Gasteiger partial charge on any atom is 0.366 e. The zero-order valence-corrected chi connectivity index (χ0v) is 14.5. The van der Waals surface area contributed by atoms with Gasteiger partial charge in [0.2, 0.25) is 5.91 Å². The molecule has 1 aromatic rings. The van der Waals surface area contributed by atoms with Gasteiger partial charge in [0.05, 0.1) is 0 Å². The van der Waals surface area contributed by atoms with Gasteiger partial charge in [-0.3, -0.25) is 9.59 Å². The molecule has 0 unspecified atom stereocenters. The zero-order chi connectivity index (χ0) is 19.0. The number of carboxylic acid groups (broad SMARTS) is 1. The lowest BCUT2D eigenvalue weighted by atomic mass is 9.86. The maximum absolute atomic E-state index is 12.2. The van der Waals surface area contributed by atoms with Crippen LogP contribution >= 0.6 is 0 Å². The Morgan fingerprint density at radius 3 is 2.35 bits per heavy atom. The number of nitrogens with zero attached hydrogens (tertiary/aromatic N) is 1. The largest absolute Gasteiger partial charge is 0.477 e. The first kappa shape index (κ1) is 19.4. The Bertz CT molecular complexity index is 692. The van der Waals surface area contributed by atoms with Gasteiger partial charge < -0.3 is 15.7 Å². The van der Waals surface area contributed by atoms with Crippen LogP contribution in [-0.4, -0.2) is 28.6 Å². The summed E-state index contributed by atoms with van der Waals surface area (Å²) in [7, 11) is 0. The van der Waals surface area contributed by atoms with Gasteiger partial charge in [-0.1, -0.05) is 50.3 Å². The van der Waals surface area contributed by atoms with E-state index in [0.717, 1.165) is 25.7 Å². The van der Waals surface area contributed by atoms with Gasteiger partial charge in [0.15, 0.2) is 0 Å². The predicted octanol–water partition coefficient (Wildman–Crippen LogP) is 2.20. The minimum Gasteiger partial charge on any atom is -0.477 e. The van der Waals surface area contributed by atoms with Crippen LogP contribution in [0.1, 0.15) is 55.3 Å². The molecule has 1 fully saturated rings. The molecule has 2 rings (SSSR count). The van der Waals surface area contributed by atoms with Gasteiger partial charge in [-0.2, -0.15) is 5.26 Å². The SMILES string of the molecule is N#C[C@](NC(=O)CCC1CCCCC1)(NC(=O)c1ccccc1)C(=O)O. The van der Waals surface area contributed by atoms with Crippen molar-refractivity contribution in [3.05, 3.63) is 35.9 Å². The van der Waals surface area contributed by atoms with Crippen molar-refractivity contribution in [1.29, 1.82) is 5.26 Å². The molecule has 7 heteroatoms. The van der Waals surface area contributed by atoms with E-state index in [1.54, 1.807) is 18.2 Å². The quantitative estimate of drug-likeness (QED) is 0.646. The highest BCUT2D eigenvalue weighted by Gasteiger charge is 2.42. The van der Waals surface area contributed by atoms with Crippen LogP contribution in [0, 0.1) is 17.2 Å². The minimum atomic E-state index is -2.49. The number of nitrogens with one attached hydrogen (secondary N) is 2. The van der Waals surface area contributed by atoms with Gasteiger partial charge in [-0.25, -0.2) is 4.79 Å². The summed E-state index contributed by atoms with van der Waals surface area (Å²) in [5, 5.41) is 23.1. The standard InChI is InChI=1S/C19H23N3O4/c20-13-19(18(25)26,22-17(24)15-9-5-2-6-10-15)21-16(23)12-11-14-7-3-1-4-8-14/h2,5-6,9-10,14H,1,3-4,7-8,11-12H2,(H,21,23)(H,22,24)(H,25,26)/t19-/m0/s1. The second-order valence-corrected chi connectivity index (χ2v) is 6.58. The number of nitriles is 1. The van der Waals surface area contributed by atoms with Gasteiger partial charge in [0, 0.05) is 12.0 Å². The summed E-state index contributed by atoms with van der Waals surface area (Å²) in [4.78, 5) is 36.0. The molecule has 0 saturated heterocycles. The number of amides is 2. The van der Waals surface area contributed by atoms with E-state index in [1.165, 1.54) is 24.6 Å². The first-order valence-corrected chi connectivity index (χ1v) is 8.80. The van der Waals surface area contributed by atoms with E-state index < -0.39 is 23.4 Å². The Morgan fingerprint density at radius 1 is 1.12 bits per heavy atom. The Labute approximate surface area is 152 Å². The van der Waals surface area contributed by atoms with Crippen molar-refractivity contribution < 1.29 is 19.5 Å². The lowest BCUT2D eigenvalue weighted by molar-refractivity contribution is -0.146. The third kappa shape index (κ3) is 5.06. The molecule has 1 aromatic carbocycles. The first-order chi connectivity index (χ1) is 12.5. The Morgan fingerprint density at radius 2 is 1.77 bits per heavy atom. The summed E-state index contributed by atoms with van der Waals surface area (Å²) in [6, 6.07) is 9.44. The number of carbonyl (C=O) groups excluding carboxylic acids is 2. The van der Waals surface area contributed by atoms with Crippen molar-refractivity contribution in [2.45, 2.75) is 50.6 Å². The van der Waals surface area contributed by atoms with Gasteiger partial charge in [0.1, 0.15) is 6.07 Å². The van der Waals surface area contributed by atoms with Crippen molar-refractivity contribution >= 4 is 17.8 Å². The lowest BCUT2D eigenvalue weighted by Crippen LogP contribution is -2.64. The first-order valence-electron chi connectivity index (χ1n) is 8.80. The van der Waals surface area contributed by atoms with Gasteiger partial charge in [-0.05, 0) is 24.5 Å². The number of aliphatic carboxylic acids is 1. The second kappa shape index (κ2) is 8.99. The molecule has 0 aliphatic heterocycles. The summed E-state index contributed by atoms with van der Waals surface area (Å²) < 4.78 is 0. The van der Waals surface area contributed by atoms with Crippen molar-refractivity contribution in [2.75, 3.05) is 0 Å². The predicted molar refractivity (Wildman–Crippen MR) is 93.8 cm³/mol. The molecule has 3 N–H and O–H groups in total. The fourth-order valence-corrected chi connectivity index (χ4v) is 3.16. The zero-order valence-electron chi connectivity index (χ0n) is 14.5. The molecule has 138 valence electrons. The van der Waals surface area contributed by atoms with Gasteiger partial charge >= 0.3 is 11.6 Å². The number of hydrogen-bond acceptors (Lipinski definition) is 4. The molecule has 0 aromatic heterocycles. The van der Waals surface area contributed by atoms with E-state index in [-0.39, 0.29) is 12.0 Å². The van der Waals surface area contributed by atoms with E-state index >= 15 is 0 Å². The van der Waals surface area contributed by atoms with Gasteiger partial charge in [-0.15, -0.1) is 0 Å². The van der Waals surface area contributed by atoms with Crippen molar-refractivity contribution in [3.8, 4) is 6.07 Å². The summed E-state index contributed by atoms with van der Waals surface area (Å²) in [5.74, 6) is -2.49. The smallest absolute Gasteiger partial charge is 0.366 e. The van der Waals surface area contributed by atoms with Gasteiger partial charge in [0.25, 0.3) is 5.91 Å². The van der Waals surface area contributed by atoms with E-state index in [4.69, 9.17) is 0 Å². The molecule has 0 radical (unpaired) electrons. The maximum atomic E-state index is 12.2. The van der Waals surface area contributed by atoms with Crippen molar-refractivity contribution in [1.82, 2.24) is 10.6 Å². The fraction of sp³-hybridized carbons (Fsp3) is 0.474. The third-order valence-corrected chi connectivity index (χ3v) is 4.66. The molecule has 1 aliphatic rings. The third-order valence-electron chi connectivity index (χ3n) is 4.66. The van der Waals surface area contributed by atoms with Crippen LogP contribution in [0.5, 0.6) is 0 Å². The lowest BCUT2D eigenvalue weighted by Gasteiger charge is -2.25. The number of rotatable bonds is 7. The van der Waals surface area contributed by atoms with Crippen LogP contribution in [0.15, 0.2) is 30.3 Å². The molecular formula is C19H23N3O4. The van der Waals surface area contributed by atoms with Crippen LogP contribution in [-0.2, 0) is 9.59 Å². The highest BCUT2D eigenvalue weighted by atomic mass is 16.4. The van der Waals surface area contributed by atoms with E-state index in [9.17, 15) is 24.8 Å². The highest BCUT2D eigenvalue weighted by Crippen LogP contribution is 2.27. The van der Waals surface area contributed by atoms with Crippen LogP contribution in [0.3, 0.4) is 0 Å². The number of carboxylic acids is 1. The topological polar surface area (TPSA) is 119 Å². The fourth-order valence-electron chi connectivity index (χ4n) is 3.16. The number of benzene rings is 1. The minimum absolute atomic E-state index is 0.128. The number of hydrogen-bond donors (Lipinski definition) is 3. The van der Waals surface area contributed by atoms with E-state index in [2.05, 4.69) is 10.6 Å². The average molecular weight is 357 g/mol. The van der Waals surface area contributed by atoms with Crippen LogP contribution in [0.25, 0.3) is 0 Å². The Balaban J connectivity index is 2.01. The van der Waals surface area contributed by atoms with E-state index in [1.807, 2.05) is 0 Å². The molecule has 0 spiro atoms. The van der Waals surface area contributed by atoms with Crippen LogP contribution in [0.4, 0.5) is 0 Å². The highest BCUT2D eigenvalue weighted by molar-refractivity contribution is 6.00. The van der Waals surface area contributed by atoms with Crippen molar-refractivity contribution in [3.63, 3.8) is 0 Å². The monoisotopic (exact) mass is 357 g/mol. The molecule has 0 heterocycles. The molecule has 1 atom stereocenters. The van der Waals surface area contributed by atoms with Crippen LogP contribution in [0.2, 0.25) is 0 Å². The molecular weight excluding hydrogens is 334 g/mol. The average Bonchev–Trinajstić information content (AvgIpc) is 2.67. The Hall–Kier alpha value is -2.88. The second-order valence-electron chi connectivity index (χ2n) is 6.58. The summed E-state index contributed by atoms with van der Waals surface area (Å²) in [6.45, 7) is 0. The molecule has 1 saturated carbocycles. The van der Waals surface area contributed by atoms with Crippen molar-refractivity contribution in [2.24, 2.45) is 5.92 Å². The van der Waals surface area contributed by atoms with E-state index in [0.29, 0.717) is 12.3 Å². The summed E-state index contributed by atoms with van der Waals surface area (Å²) in [6.07, 6.45) is 6.43.